The van der Waals surface area contributed by atoms with Gasteiger partial charge in [0.05, 0.1) is 0 Å². The van der Waals surface area contributed by atoms with Gasteiger partial charge in [-0.25, -0.2) is 15.0 Å². The summed E-state index contributed by atoms with van der Waals surface area (Å²) in [6.07, 6.45) is -0.841. The smallest absolute Gasteiger partial charge is 0.220 e. The highest BCUT2D eigenvalue weighted by atomic mass is 19.4. The number of nitrogens with zero attached hydrogens (tertiary/aromatic N) is 5. The van der Waals surface area contributed by atoms with Crippen molar-refractivity contribution < 1.29 is 13.2 Å². The van der Waals surface area contributed by atoms with Crippen molar-refractivity contribution in [2.75, 3.05) is 0 Å². The van der Waals surface area contributed by atoms with Crippen LogP contribution in [0.25, 0.3) is 5.95 Å². The third-order valence-corrected chi connectivity index (χ3v) is 1.50. The van der Waals surface area contributed by atoms with Crippen molar-refractivity contribution >= 4 is 0 Å². The van der Waals surface area contributed by atoms with E-state index in [1.165, 1.54) is 12.4 Å². The number of alkyl halides is 3. The van der Waals surface area contributed by atoms with Crippen LogP contribution >= 0.6 is 0 Å². The van der Waals surface area contributed by atoms with E-state index >= 15 is 0 Å². The third kappa shape index (κ3) is 1.92. The van der Waals surface area contributed by atoms with Gasteiger partial charge in [-0.05, 0) is 6.07 Å². The maximum Gasteiger partial charge on any atom is 0.453 e. The zero-order valence-electron chi connectivity index (χ0n) is 7.18. The second-order valence-electron chi connectivity index (χ2n) is 2.56. The minimum atomic E-state index is -4.56. The maximum atomic E-state index is 12.1. The zero-order chi connectivity index (χ0) is 10.9. The molecular weight excluding hydrogens is 211 g/mol. The molecule has 5 nitrogen and oxygen atoms in total. The number of hydrogen-bond acceptors (Lipinski definition) is 4. The molecule has 0 unspecified atom stereocenters. The van der Waals surface area contributed by atoms with Gasteiger partial charge in [-0.2, -0.15) is 17.9 Å². The molecule has 2 rings (SSSR count). The summed E-state index contributed by atoms with van der Waals surface area (Å²) in [6.45, 7) is 0. The Hall–Kier alpha value is -1.99. The molecule has 0 saturated heterocycles. The van der Waals surface area contributed by atoms with Gasteiger partial charge in [0.1, 0.15) is 6.33 Å². The summed E-state index contributed by atoms with van der Waals surface area (Å²) in [5.74, 6) is -1.17. The van der Waals surface area contributed by atoms with Crippen LogP contribution in [0.3, 0.4) is 0 Å². The van der Waals surface area contributed by atoms with Crippen LogP contribution < -0.4 is 0 Å². The van der Waals surface area contributed by atoms with E-state index in [1.807, 2.05) is 0 Å². The predicted molar refractivity (Wildman–Crippen MR) is 42.0 cm³/mol. The van der Waals surface area contributed by atoms with Gasteiger partial charge in [0.25, 0.3) is 11.8 Å². The molecule has 8 heteroatoms. The lowest BCUT2D eigenvalue weighted by Gasteiger charge is -1.98. The van der Waals surface area contributed by atoms with Gasteiger partial charge in [0, 0.05) is 12.4 Å². The minimum absolute atomic E-state index is 0.0421. The molecule has 2 aromatic heterocycles. The molecule has 0 N–H and O–H groups in total. The number of rotatable bonds is 1. The van der Waals surface area contributed by atoms with Crippen molar-refractivity contribution in [2.24, 2.45) is 0 Å². The first-order chi connectivity index (χ1) is 7.07. The lowest BCUT2D eigenvalue weighted by atomic mass is 10.6. The predicted octanol–water partition coefficient (Wildman–Crippen LogP) is 1.08. The van der Waals surface area contributed by atoms with E-state index in [4.69, 9.17) is 0 Å². The van der Waals surface area contributed by atoms with Crippen LogP contribution in [-0.4, -0.2) is 24.7 Å². The van der Waals surface area contributed by atoms with Gasteiger partial charge in [0.2, 0.25) is 0 Å². The summed E-state index contributed by atoms with van der Waals surface area (Å²) in [5, 5.41) is 3.21. The Labute approximate surface area is 81.6 Å². The minimum Gasteiger partial charge on any atom is -0.220 e. The molecule has 0 fully saturated rings. The average molecular weight is 215 g/mol. The summed E-state index contributed by atoms with van der Waals surface area (Å²) in [5.41, 5.74) is 0. The normalized spacial score (nSPS) is 11.7. The van der Waals surface area contributed by atoms with Crippen LogP contribution in [0.15, 0.2) is 24.8 Å². The summed E-state index contributed by atoms with van der Waals surface area (Å²) < 4.78 is 37.3. The molecule has 2 heterocycles. The molecule has 0 spiro atoms. The highest BCUT2D eigenvalue weighted by Crippen LogP contribution is 2.25. The fraction of sp³-hybridized carbons (Fsp3) is 0.143. The lowest BCUT2D eigenvalue weighted by molar-refractivity contribution is -0.144. The number of halogens is 3. The van der Waals surface area contributed by atoms with Gasteiger partial charge in [-0.15, -0.1) is 5.10 Å². The second-order valence-corrected chi connectivity index (χ2v) is 2.56. The topological polar surface area (TPSA) is 56.5 Å². The molecule has 15 heavy (non-hydrogen) atoms. The van der Waals surface area contributed by atoms with E-state index in [9.17, 15) is 13.2 Å². The highest BCUT2D eigenvalue weighted by Gasteiger charge is 2.36. The Kier molecular flexibility index (Phi) is 2.10. The third-order valence-electron chi connectivity index (χ3n) is 1.50. The Morgan fingerprint density at radius 2 is 1.73 bits per heavy atom. The molecule has 0 aliphatic rings. The molecule has 0 aliphatic carbocycles. The fourth-order valence-electron chi connectivity index (χ4n) is 0.899. The Morgan fingerprint density at radius 3 is 2.27 bits per heavy atom. The van der Waals surface area contributed by atoms with E-state index < -0.39 is 12.0 Å². The molecule has 0 radical (unpaired) electrons. The van der Waals surface area contributed by atoms with Crippen molar-refractivity contribution in [1.82, 2.24) is 24.7 Å². The maximum absolute atomic E-state index is 12.1. The van der Waals surface area contributed by atoms with E-state index in [1.54, 1.807) is 6.07 Å². The van der Waals surface area contributed by atoms with E-state index in [-0.39, 0.29) is 5.95 Å². The summed E-state index contributed by atoms with van der Waals surface area (Å²) in [4.78, 5) is 10.6. The molecular formula is C7H4F3N5. The summed E-state index contributed by atoms with van der Waals surface area (Å²) in [7, 11) is 0. The molecule has 0 saturated carbocycles. The van der Waals surface area contributed by atoms with Crippen LogP contribution in [0.2, 0.25) is 0 Å². The lowest BCUT2D eigenvalue weighted by Crippen LogP contribution is -2.09. The molecule has 2 aromatic rings. The van der Waals surface area contributed by atoms with Crippen molar-refractivity contribution in [3.05, 3.63) is 30.6 Å². The molecule has 78 valence electrons. The monoisotopic (exact) mass is 215 g/mol. The van der Waals surface area contributed by atoms with Gasteiger partial charge < -0.3 is 0 Å². The largest absolute Gasteiger partial charge is 0.453 e. The molecule has 0 aliphatic heterocycles. The van der Waals surface area contributed by atoms with E-state index in [0.29, 0.717) is 0 Å². The van der Waals surface area contributed by atoms with E-state index in [2.05, 4.69) is 20.1 Å². The van der Waals surface area contributed by atoms with Gasteiger partial charge in [0.15, 0.2) is 0 Å². The van der Waals surface area contributed by atoms with Crippen LogP contribution in [0, 0.1) is 0 Å². The first kappa shape index (κ1) is 9.56. The van der Waals surface area contributed by atoms with E-state index in [0.717, 1.165) is 11.0 Å². The van der Waals surface area contributed by atoms with Gasteiger partial charge >= 0.3 is 6.18 Å². The number of hydrogen-bond donors (Lipinski definition) is 0. The first-order valence-corrected chi connectivity index (χ1v) is 3.83. The molecule has 0 amide bonds. The van der Waals surface area contributed by atoms with Crippen molar-refractivity contribution in [2.45, 2.75) is 6.18 Å². The average Bonchev–Trinajstić information content (AvgIpc) is 2.67. The van der Waals surface area contributed by atoms with Crippen LogP contribution in [0.1, 0.15) is 5.82 Å². The standard InChI is InChI=1S/C7H4F3N5/c8-7(9,10)5-13-4-15(14-5)6-11-2-1-3-12-6/h1-4H. The van der Waals surface area contributed by atoms with Gasteiger partial charge in [-0.3, -0.25) is 0 Å². The molecule has 0 bridgehead atoms. The first-order valence-electron chi connectivity index (χ1n) is 3.83. The van der Waals surface area contributed by atoms with Crippen LogP contribution in [0.4, 0.5) is 13.2 Å². The Balaban J connectivity index is 2.37. The highest BCUT2D eigenvalue weighted by molar-refractivity contribution is 5.07. The molecule has 0 aromatic carbocycles. The Morgan fingerprint density at radius 1 is 1.07 bits per heavy atom. The van der Waals surface area contributed by atoms with Crippen LogP contribution in [-0.2, 0) is 6.18 Å². The van der Waals surface area contributed by atoms with Gasteiger partial charge in [-0.1, -0.05) is 0 Å². The Bertz CT molecular complexity index is 449. The zero-order valence-corrected chi connectivity index (χ0v) is 7.18. The quantitative estimate of drug-likeness (QED) is 0.714. The SMILES string of the molecule is FC(F)(F)c1ncn(-c2ncccn2)n1. The second kappa shape index (κ2) is 3.30. The van der Waals surface area contributed by atoms with Crippen molar-refractivity contribution in [3.63, 3.8) is 0 Å². The van der Waals surface area contributed by atoms with Crippen molar-refractivity contribution in [1.29, 1.82) is 0 Å². The fourth-order valence-corrected chi connectivity index (χ4v) is 0.899. The van der Waals surface area contributed by atoms with Crippen molar-refractivity contribution in [3.8, 4) is 5.95 Å². The van der Waals surface area contributed by atoms with Crippen LogP contribution in [0.5, 0.6) is 0 Å². The molecule has 0 atom stereocenters. The summed E-state index contributed by atoms with van der Waals surface area (Å²) >= 11 is 0. The number of aromatic nitrogens is 5. The summed E-state index contributed by atoms with van der Waals surface area (Å²) in [6, 6.07) is 1.55.